The molecule has 0 amide bonds. The van der Waals surface area contributed by atoms with Crippen molar-refractivity contribution < 1.29 is 0 Å². The van der Waals surface area contributed by atoms with E-state index in [-0.39, 0.29) is 0 Å². The van der Waals surface area contributed by atoms with Gasteiger partial charge in [-0.3, -0.25) is 4.57 Å². The van der Waals surface area contributed by atoms with E-state index in [1.54, 1.807) is 11.8 Å². The first-order valence-corrected chi connectivity index (χ1v) is 18.7. The molecule has 0 atom stereocenters. The van der Waals surface area contributed by atoms with E-state index in [4.69, 9.17) is 9.97 Å². The fourth-order valence-electron chi connectivity index (χ4n) is 8.56. The van der Waals surface area contributed by atoms with Gasteiger partial charge in [0, 0.05) is 53.4 Å². The van der Waals surface area contributed by atoms with Crippen molar-refractivity contribution in [3.8, 4) is 34.0 Å². The van der Waals surface area contributed by atoms with Gasteiger partial charge in [-0.1, -0.05) is 121 Å². The zero-order chi connectivity index (χ0) is 34.6. The quantitative estimate of drug-likeness (QED) is 0.185. The van der Waals surface area contributed by atoms with Crippen LogP contribution in [-0.2, 0) is 0 Å². The summed E-state index contributed by atoms with van der Waals surface area (Å²) in [5.74, 6) is 0.686. The van der Waals surface area contributed by atoms with Gasteiger partial charge < -0.3 is 4.57 Å². The van der Waals surface area contributed by atoms with Crippen LogP contribution in [0.1, 0.15) is 0 Å². The zero-order valence-corrected chi connectivity index (χ0v) is 29.2. The van der Waals surface area contributed by atoms with Crippen molar-refractivity contribution in [3.63, 3.8) is 0 Å². The van der Waals surface area contributed by atoms with Gasteiger partial charge in [0.25, 0.3) is 0 Å². The second kappa shape index (κ2) is 10.9. The Balaban J connectivity index is 1.12. The maximum Gasteiger partial charge on any atom is 0.235 e. The van der Waals surface area contributed by atoms with E-state index >= 15 is 0 Å². The van der Waals surface area contributed by atoms with E-state index in [1.807, 2.05) is 0 Å². The number of aromatic nitrogens is 4. The minimum atomic E-state index is 0.686. The highest BCUT2D eigenvalue weighted by atomic mass is 32.2. The summed E-state index contributed by atoms with van der Waals surface area (Å²) in [7, 11) is 0. The lowest BCUT2D eigenvalue weighted by atomic mass is 10.00. The molecular weight excluding hydrogens is 665 g/mol. The predicted molar refractivity (Wildman–Crippen MR) is 221 cm³/mol. The van der Waals surface area contributed by atoms with E-state index < -0.39 is 0 Å². The Hall–Kier alpha value is -6.69. The lowest BCUT2D eigenvalue weighted by Crippen LogP contribution is -2.05. The van der Waals surface area contributed by atoms with Gasteiger partial charge in [-0.25, -0.2) is 9.97 Å². The third-order valence-corrected chi connectivity index (χ3v) is 12.0. The zero-order valence-electron chi connectivity index (χ0n) is 28.4. The molecule has 53 heavy (non-hydrogen) atoms. The third-order valence-electron chi connectivity index (χ3n) is 10.9. The minimum Gasteiger partial charge on any atom is -0.309 e. The van der Waals surface area contributed by atoms with Crippen LogP contribution in [0.2, 0.25) is 0 Å². The van der Waals surface area contributed by atoms with Crippen LogP contribution in [0.5, 0.6) is 0 Å². The molecule has 4 nitrogen and oxygen atoms in total. The Morgan fingerprint density at radius 1 is 0.434 bits per heavy atom. The monoisotopic (exact) mass is 692 g/mol. The molecule has 1 aliphatic rings. The van der Waals surface area contributed by atoms with Crippen molar-refractivity contribution in [3.05, 3.63) is 170 Å². The Morgan fingerprint density at radius 2 is 1.11 bits per heavy atom. The summed E-state index contributed by atoms with van der Waals surface area (Å²) in [5, 5.41) is 8.35. The Kier molecular flexibility index (Phi) is 5.96. The van der Waals surface area contributed by atoms with Gasteiger partial charge in [0.15, 0.2) is 0 Å². The largest absolute Gasteiger partial charge is 0.309 e. The first-order valence-electron chi connectivity index (χ1n) is 17.9. The number of rotatable bonds is 3. The molecule has 12 rings (SSSR count). The van der Waals surface area contributed by atoms with Crippen LogP contribution in [0.25, 0.3) is 99.3 Å². The second-order valence-electron chi connectivity index (χ2n) is 13.8. The van der Waals surface area contributed by atoms with Crippen molar-refractivity contribution >= 4 is 77.0 Å². The summed E-state index contributed by atoms with van der Waals surface area (Å²) >= 11 is 1.80. The summed E-state index contributed by atoms with van der Waals surface area (Å²) in [4.78, 5) is 13.2. The normalized spacial score (nSPS) is 12.5. The smallest absolute Gasteiger partial charge is 0.235 e. The summed E-state index contributed by atoms with van der Waals surface area (Å²) in [5.41, 5.74) is 11.2. The van der Waals surface area contributed by atoms with E-state index in [0.29, 0.717) is 5.95 Å². The molecule has 0 aliphatic carbocycles. The van der Waals surface area contributed by atoms with Gasteiger partial charge in [0.1, 0.15) is 0 Å². The lowest BCUT2D eigenvalue weighted by Gasteiger charge is -2.20. The lowest BCUT2D eigenvalue weighted by molar-refractivity contribution is 1.01. The van der Waals surface area contributed by atoms with Gasteiger partial charge in [0.05, 0.1) is 33.3 Å². The molecule has 0 N–H and O–H groups in total. The molecule has 0 unspecified atom stereocenters. The molecular formula is C48H28N4S. The highest BCUT2D eigenvalue weighted by molar-refractivity contribution is 7.99. The standard InChI is InChI=1S/C48H28N4S/c1-2-12-32(13-3-1)51-40-18-8-6-15-34(40)37-27-30(22-25-41(37)51)31-23-26-42-38(28-31)35-24-21-29-11-4-5-14-33(29)47(35)52(42)48-49-39-17-10-20-44-45(39)46(50-48)36-16-7-9-19-43(36)53-44/h1-28H. The Labute approximate surface area is 308 Å². The van der Waals surface area contributed by atoms with E-state index in [9.17, 15) is 0 Å². The fraction of sp³-hybridized carbons (Fsp3) is 0. The molecule has 4 heterocycles. The van der Waals surface area contributed by atoms with Crippen molar-refractivity contribution in [2.75, 3.05) is 0 Å². The topological polar surface area (TPSA) is 35.6 Å². The molecule has 11 aromatic rings. The first kappa shape index (κ1) is 28.9. The van der Waals surface area contributed by atoms with Crippen LogP contribution in [-0.4, -0.2) is 19.1 Å². The fourth-order valence-corrected chi connectivity index (χ4v) is 9.67. The molecule has 1 aliphatic heterocycles. The van der Waals surface area contributed by atoms with Gasteiger partial charge in [-0.2, -0.15) is 0 Å². The van der Waals surface area contributed by atoms with E-state index in [1.165, 1.54) is 64.3 Å². The van der Waals surface area contributed by atoms with Gasteiger partial charge in [-0.15, -0.1) is 0 Å². The molecule has 0 saturated heterocycles. The predicted octanol–water partition coefficient (Wildman–Crippen LogP) is 12.8. The average Bonchev–Trinajstić information content (AvgIpc) is 3.74. The summed E-state index contributed by atoms with van der Waals surface area (Å²) < 4.78 is 4.66. The van der Waals surface area contributed by atoms with Gasteiger partial charge in [-0.05, 0) is 77.2 Å². The summed E-state index contributed by atoms with van der Waals surface area (Å²) in [6.07, 6.45) is 0. The molecule has 0 fully saturated rings. The van der Waals surface area contributed by atoms with Crippen LogP contribution in [0.3, 0.4) is 0 Å². The molecule has 246 valence electrons. The maximum atomic E-state index is 5.43. The maximum absolute atomic E-state index is 5.43. The Bertz CT molecular complexity index is 3320. The van der Waals surface area contributed by atoms with Crippen molar-refractivity contribution in [2.45, 2.75) is 9.79 Å². The number of para-hydroxylation sites is 2. The number of hydrogen-bond donors (Lipinski definition) is 0. The van der Waals surface area contributed by atoms with E-state index in [0.717, 1.165) is 38.9 Å². The van der Waals surface area contributed by atoms with Crippen LogP contribution in [0.15, 0.2) is 180 Å². The third kappa shape index (κ3) is 4.14. The first-order chi connectivity index (χ1) is 26.3. The van der Waals surface area contributed by atoms with Gasteiger partial charge >= 0.3 is 0 Å². The van der Waals surface area contributed by atoms with Crippen LogP contribution < -0.4 is 0 Å². The molecule has 3 aromatic heterocycles. The van der Waals surface area contributed by atoms with Crippen molar-refractivity contribution in [1.29, 1.82) is 0 Å². The van der Waals surface area contributed by atoms with Crippen LogP contribution in [0.4, 0.5) is 0 Å². The van der Waals surface area contributed by atoms with Crippen molar-refractivity contribution in [1.82, 2.24) is 19.1 Å². The number of hydrogen-bond acceptors (Lipinski definition) is 3. The van der Waals surface area contributed by atoms with Crippen LogP contribution in [0, 0.1) is 0 Å². The molecule has 0 bridgehead atoms. The highest BCUT2D eigenvalue weighted by Gasteiger charge is 2.24. The molecule has 8 aromatic carbocycles. The van der Waals surface area contributed by atoms with Crippen molar-refractivity contribution in [2.24, 2.45) is 0 Å². The van der Waals surface area contributed by atoms with E-state index in [2.05, 4.69) is 179 Å². The highest BCUT2D eigenvalue weighted by Crippen LogP contribution is 2.47. The average molecular weight is 693 g/mol. The number of benzene rings is 8. The Morgan fingerprint density at radius 3 is 1.98 bits per heavy atom. The summed E-state index contributed by atoms with van der Waals surface area (Å²) in [6.45, 7) is 0. The number of fused-ring (bicyclic) bond motifs is 10. The SMILES string of the molecule is c1ccc(-n2c3ccccc3c3cc(-c4ccc5c(c4)c4ccc6ccccc6c4n5-c4nc5c6c(cccc6n4)Sc4ccccc4-5)ccc32)cc1. The number of nitrogens with zero attached hydrogens (tertiary/aromatic N) is 4. The minimum absolute atomic E-state index is 0.686. The molecule has 0 radical (unpaired) electrons. The molecule has 0 saturated carbocycles. The van der Waals surface area contributed by atoms with Gasteiger partial charge in [0.2, 0.25) is 5.95 Å². The summed E-state index contributed by atoms with van der Waals surface area (Å²) in [6, 6.07) is 61.3. The molecule has 0 spiro atoms. The second-order valence-corrected chi connectivity index (χ2v) is 14.9. The molecule has 5 heteroatoms. The van der Waals surface area contributed by atoms with Crippen LogP contribution >= 0.6 is 11.8 Å².